The summed E-state index contributed by atoms with van der Waals surface area (Å²) in [5.41, 5.74) is 4.90. The maximum Gasteiger partial charge on any atom is 0.335 e. The van der Waals surface area contributed by atoms with Gasteiger partial charge in [0.25, 0.3) is 0 Å². The van der Waals surface area contributed by atoms with E-state index in [4.69, 9.17) is 4.74 Å². The zero-order valence-corrected chi connectivity index (χ0v) is 17.7. The summed E-state index contributed by atoms with van der Waals surface area (Å²) in [6.45, 7) is 2.99. The number of aromatic nitrogens is 1. The predicted octanol–water partition coefficient (Wildman–Crippen LogP) is 4.69. The minimum atomic E-state index is -0.891. The molecule has 6 nitrogen and oxygen atoms in total. The summed E-state index contributed by atoms with van der Waals surface area (Å²) in [7, 11) is 1.57. The molecule has 0 aliphatic carbocycles. The molecule has 31 heavy (non-hydrogen) atoms. The molecule has 1 aliphatic heterocycles. The normalized spacial score (nSPS) is 14.5. The average Bonchev–Trinajstić information content (AvgIpc) is 3.19. The largest absolute Gasteiger partial charge is 0.504 e. The second kappa shape index (κ2) is 9.27. The van der Waals surface area contributed by atoms with E-state index in [1.54, 1.807) is 25.3 Å². The van der Waals surface area contributed by atoms with E-state index in [1.807, 2.05) is 24.4 Å². The number of phenolic OH excluding ortho intramolecular Hbond substituents is 1. The Bertz CT molecular complexity index is 1120. The van der Waals surface area contributed by atoms with Gasteiger partial charge in [0.2, 0.25) is 0 Å². The number of aromatic hydroxyl groups is 1. The molecular formula is C25H28N2O4. The molecule has 0 atom stereocenters. The highest BCUT2D eigenvalue weighted by molar-refractivity contribution is 5.94. The Balaban J connectivity index is 1.28. The van der Waals surface area contributed by atoms with Gasteiger partial charge in [0.1, 0.15) is 0 Å². The minimum absolute atomic E-state index is 0.165. The molecule has 3 aromatic rings. The Morgan fingerprint density at radius 2 is 2.06 bits per heavy atom. The molecule has 2 heterocycles. The van der Waals surface area contributed by atoms with Crippen LogP contribution in [0.25, 0.3) is 16.5 Å². The summed E-state index contributed by atoms with van der Waals surface area (Å²) >= 11 is 0. The molecule has 3 N–H and O–H groups in total. The first-order chi connectivity index (χ1) is 15.0. The first-order valence-corrected chi connectivity index (χ1v) is 10.7. The van der Waals surface area contributed by atoms with Crippen LogP contribution in [-0.2, 0) is 6.42 Å². The van der Waals surface area contributed by atoms with Crippen LogP contribution in [0, 0.1) is 0 Å². The number of hydrogen-bond acceptors (Lipinski definition) is 4. The highest BCUT2D eigenvalue weighted by Gasteiger charge is 2.14. The number of nitrogens with zero attached hydrogens (tertiary/aromatic N) is 1. The third-order valence-electron chi connectivity index (χ3n) is 6.03. The van der Waals surface area contributed by atoms with Crippen LogP contribution >= 0.6 is 0 Å². The zero-order valence-electron chi connectivity index (χ0n) is 17.7. The molecule has 2 aromatic carbocycles. The molecule has 0 spiro atoms. The topological polar surface area (TPSA) is 85.8 Å². The van der Waals surface area contributed by atoms with Crippen LogP contribution in [0.15, 0.2) is 48.7 Å². The maximum atomic E-state index is 11.2. The van der Waals surface area contributed by atoms with Gasteiger partial charge in [-0.3, -0.25) is 4.90 Å². The number of carbonyl (C=O) groups is 1. The number of aryl methyl sites for hydroxylation is 1. The first-order valence-electron chi connectivity index (χ1n) is 10.7. The molecule has 0 bridgehead atoms. The zero-order chi connectivity index (χ0) is 21.8. The second-order valence-corrected chi connectivity index (χ2v) is 8.00. The van der Waals surface area contributed by atoms with Gasteiger partial charge >= 0.3 is 5.97 Å². The van der Waals surface area contributed by atoms with Crippen molar-refractivity contribution in [1.82, 2.24) is 9.88 Å². The van der Waals surface area contributed by atoms with Crippen LogP contribution < -0.4 is 4.74 Å². The van der Waals surface area contributed by atoms with E-state index in [9.17, 15) is 15.0 Å². The van der Waals surface area contributed by atoms with Crippen LogP contribution in [0.3, 0.4) is 0 Å². The molecule has 0 unspecified atom stereocenters. The Morgan fingerprint density at radius 1 is 1.19 bits per heavy atom. The molecule has 1 aromatic heterocycles. The quantitative estimate of drug-likeness (QED) is 0.460. The lowest BCUT2D eigenvalue weighted by Gasteiger charge is -2.26. The van der Waals surface area contributed by atoms with E-state index in [-0.39, 0.29) is 5.75 Å². The van der Waals surface area contributed by atoms with Gasteiger partial charge in [-0.15, -0.1) is 0 Å². The minimum Gasteiger partial charge on any atom is -0.504 e. The molecule has 0 saturated carbocycles. The molecule has 0 saturated heterocycles. The van der Waals surface area contributed by atoms with Gasteiger partial charge in [-0.2, -0.15) is 0 Å². The summed E-state index contributed by atoms with van der Waals surface area (Å²) in [5, 5.41) is 20.0. The molecule has 0 radical (unpaired) electrons. The number of rotatable bonds is 8. The third kappa shape index (κ3) is 4.75. The number of methoxy groups -OCH3 is 1. The second-order valence-electron chi connectivity index (χ2n) is 8.00. The lowest BCUT2D eigenvalue weighted by molar-refractivity contribution is 0.0697. The van der Waals surface area contributed by atoms with Gasteiger partial charge in [0, 0.05) is 30.2 Å². The highest BCUT2D eigenvalue weighted by atomic mass is 16.5. The van der Waals surface area contributed by atoms with Crippen molar-refractivity contribution in [2.75, 3.05) is 26.7 Å². The number of unbranched alkanes of at least 4 members (excludes halogenated alkanes) is 1. The van der Waals surface area contributed by atoms with Gasteiger partial charge < -0.3 is 19.9 Å². The van der Waals surface area contributed by atoms with E-state index in [0.29, 0.717) is 11.3 Å². The number of hydrogen-bond donors (Lipinski definition) is 3. The van der Waals surface area contributed by atoms with Crippen molar-refractivity contribution in [1.29, 1.82) is 0 Å². The van der Waals surface area contributed by atoms with E-state index in [2.05, 4.69) is 16.0 Å². The molecular weight excluding hydrogens is 392 g/mol. The van der Waals surface area contributed by atoms with E-state index in [0.717, 1.165) is 61.8 Å². The van der Waals surface area contributed by atoms with E-state index < -0.39 is 5.97 Å². The summed E-state index contributed by atoms with van der Waals surface area (Å²) in [5.74, 6) is -0.218. The van der Waals surface area contributed by atoms with Crippen LogP contribution in [0.2, 0.25) is 0 Å². The Kier molecular flexibility index (Phi) is 6.28. The summed E-state index contributed by atoms with van der Waals surface area (Å²) in [4.78, 5) is 16.9. The van der Waals surface area contributed by atoms with Crippen molar-refractivity contribution >= 4 is 22.4 Å². The van der Waals surface area contributed by atoms with Gasteiger partial charge in [0.05, 0.1) is 12.7 Å². The monoisotopic (exact) mass is 420 g/mol. The number of fused-ring (bicyclic) bond motifs is 1. The molecule has 0 fully saturated rings. The van der Waals surface area contributed by atoms with Gasteiger partial charge in [-0.05, 0) is 79.3 Å². The lowest BCUT2D eigenvalue weighted by atomic mass is 9.98. The van der Waals surface area contributed by atoms with Gasteiger partial charge in [-0.25, -0.2) is 4.79 Å². The van der Waals surface area contributed by atoms with Crippen molar-refractivity contribution < 1.29 is 19.7 Å². The van der Waals surface area contributed by atoms with Crippen molar-refractivity contribution in [3.8, 4) is 11.5 Å². The number of aromatic amines is 1. The highest BCUT2D eigenvalue weighted by Crippen LogP contribution is 2.31. The summed E-state index contributed by atoms with van der Waals surface area (Å²) in [6, 6.07) is 10.8. The average molecular weight is 421 g/mol. The standard InChI is InChI=1S/C25H28N2O4/c1-31-24-15-18(6-8-23(24)28)17-9-12-27(13-10-17)11-3-2-4-20-16-26-22-7-5-19(25(29)30)14-21(20)22/h5-9,14-16,26,28H,2-4,10-13H2,1H3,(H,29,30). The fraction of sp³-hybridized carbons (Fsp3) is 0.320. The van der Waals surface area contributed by atoms with Crippen LogP contribution in [0.1, 0.15) is 40.7 Å². The van der Waals surface area contributed by atoms with Crippen LogP contribution in [0.5, 0.6) is 11.5 Å². The smallest absolute Gasteiger partial charge is 0.335 e. The molecule has 162 valence electrons. The number of nitrogens with one attached hydrogen (secondary N) is 1. The number of phenols is 1. The Labute approximate surface area is 181 Å². The van der Waals surface area contributed by atoms with Gasteiger partial charge in [-0.1, -0.05) is 12.1 Å². The number of carboxylic acids is 1. The third-order valence-corrected chi connectivity index (χ3v) is 6.03. The van der Waals surface area contributed by atoms with E-state index >= 15 is 0 Å². The molecule has 0 amide bonds. The maximum absolute atomic E-state index is 11.2. The fourth-order valence-electron chi connectivity index (χ4n) is 4.22. The van der Waals surface area contributed by atoms with E-state index in [1.165, 1.54) is 11.1 Å². The molecule has 1 aliphatic rings. The Morgan fingerprint density at radius 3 is 2.81 bits per heavy atom. The number of benzene rings is 2. The van der Waals surface area contributed by atoms with Crippen molar-refractivity contribution in [3.05, 3.63) is 65.4 Å². The molecule has 4 rings (SSSR count). The number of aromatic carboxylic acids is 1. The predicted molar refractivity (Wildman–Crippen MR) is 122 cm³/mol. The summed E-state index contributed by atoms with van der Waals surface area (Å²) < 4.78 is 5.22. The SMILES string of the molecule is COc1cc(C2=CCN(CCCCc3c[nH]c4ccc(C(=O)O)cc34)CC2)ccc1O. The van der Waals surface area contributed by atoms with Crippen molar-refractivity contribution in [2.24, 2.45) is 0 Å². The number of carboxylic acid groups (broad SMARTS) is 1. The van der Waals surface area contributed by atoms with Crippen LogP contribution in [-0.4, -0.2) is 52.8 Å². The lowest BCUT2D eigenvalue weighted by Crippen LogP contribution is -2.29. The first kappa shape index (κ1) is 21.0. The fourth-order valence-corrected chi connectivity index (χ4v) is 4.22. The van der Waals surface area contributed by atoms with Crippen molar-refractivity contribution in [2.45, 2.75) is 25.7 Å². The summed E-state index contributed by atoms with van der Waals surface area (Å²) in [6.07, 6.45) is 8.34. The Hall–Kier alpha value is -3.25. The number of H-pyrrole nitrogens is 1. The molecule has 6 heteroatoms. The van der Waals surface area contributed by atoms with Gasteiger partial charge in [0.15, 0.2) is 11.5 Å². The van der Waals surface area contributed by atoms with Crippen molar-refractivity contribution in [3.63, 3.8) is 0 Å². The van der Waals surface area contributed by atoms with Crippen LogP contribution in [0.4, 0.5) is 0 Å². The number of ether oxygens (including phenoxy) is 1.